The van der Waals surface area contributed by atoms with Crippen molar-refractivity contribution in [1.82, 2.24) is 15.4 Å². The van der Waals surface area contributed by atoms with Gasteiger partial charge in [0.05, 0.1) is 4.90 Å². The summed E-state index contributed by atoms with van der Waals surface area (Å²) in [5, 5.41) is 6.73. The lowest BCUT2D eigenvalue weighted by molar-refractivity contribution is 0.329. The first kappa shape index (κ1) is 25.2. The van der Waals surface area contributed by atoms with Gasteiger partial charge in [-0.3, -0.25) is 4.99 Å². The molecular weight excluding hydrogens is 487 g/mol. The zero-order chi connectivity index (χ0) is 20.1. The van der Waals surface area contributed by atoms with E-state index < -0.39 is 15.6 Å². The SMILES string of the molecule is CN=C(NCc1ccccc1S(=O)(=O)NC(C)(C)C)NC1CCC(C)CC1.I. The van der Waals surface area contributed by atoms with Crippen LogP contribution in [0.15, 0.2) is 34.2 Å². The second-order valence-electron chi connectivity index (χ2n) is 8.49. The average Bonchev–Trinajstić information content (AvgIpc) is 2.58. The molecule has 0 aliphatic heterocycles. The maximum absolute atomic E-state index is 12.7. The highest BCUT2D eigenvalue weighted by Crippen LogP contribution is 2.23. The summed E-state index contributed by atoms with van der Waals surface area (Å²) in [5.74, 6) is 1.51. The monoisotopic (exact) mass is 522 g/mol. The molecule has 0 unspecified atom stereocenters. The molecule has 1 aromatic carbocycles. The molecule has 1 saturated carbocycles. The Morgan fingerprint density at radius 1 is 1.14 bits per heavy atom. The van der Waals surface area contributed by atoms with Gasteiger partial charge in [-0.1, -0.05) is 25.1 Å². The third kappa shape index (κ3) is 7.87. The van der Waals surface area contributed by atoms with E-state index in [2.05, 4.69) is 27.3 Å². The summed E-state index contributed by atoms with van der Waals surface area (Å²) in [6.07, 6.45) is 4.74. The van der Waals surface area contributed by atoms with Gasteiger partial charge >= 0.3 is 0 Å². The van der Waals surface area contributed by atoms with Gasteiger partial charge < -0.3 is 10.6 Å². The fourth-order valence-corrected chi connectivity index (χ4v) is 5.00. The zero-order valence-corrected chi connectivity index (χ0v) is 20.7. The average molecular weight is 522 g/mol. The van der Waals surface area contributed by atoms with Crippen LogP contribution in [-0.2, 0) is 16.6 Å². The van der Waals surface area contributed by atoms with E-state index in [0.717, 1.165) is 24.3 Å². The lowest BCUT2D eigenvalue weighted by Crippen LogP contribution is -2.44. The first-order valence-electron chi connectivity index (χ1n) is 9.70. The molecular formula is C20H35IN4O2S. The summed E-state index contributed by atoms with van der Waals surface area (Å²) in [4.78, 5) is 4.60. The largest absolute Gasteiger partial charge is 0.354 e. The van der Waals surface area contributed by atoms with Gasteiger partial charge in [0.15, 0.2) is 5.96 Å². The van der Waals surface area contributed by atoms with Crippen molar-refractivity contribution in [2.45, 2.75) is 76.4 Å². The van der Waals surface area contributed by atoms with Gasteiger partial charge in [-0.05, 0) is 64.0 Å². The number of halogens is 1. The lowest BCUT2D eigenvalue weighted by Gasteiger charge is -2.28. The molecule has 1 aliphatic rings. The van der Waals surface area contributed by atoms with Crippen molar-refractivity contribution in [2.24, 2.45) is 10.9 Å². The first-order valence-corrected chi connectivity index (χ1v) is 11.2. The van der Waals surface area contributed by atoms with Crippen LogP contribution in [0.1, 0.15) is 58.9 Å². The minimum absolute atomic E-state index is 0. The number of rotatable bonds is 5. The standard InChI is InChI=1S/C20H34N4O2S.HI/c1-15-10-12-17(13-11-15)23-19(21-5)22-14-16-8-6-7-9-18(16)27(25,26)24-20(2,3)4;/h6-9,15,17,24H,10-14H2,1-5H3,(H2,21,22,23);1H. The van der Waals surface area contributed by atoms with E-state index in [1.54, 1.807) is 19.2 Å². The van der Waals surface area contributed by atoms with Gasteiger partial charge in [0, 0.05) is 25.2 Å². The van der Waals surface area contributed by atoms with E-state index in [-0.39, 0.29) is 24.0 Å². The van der Waals surface area contributed by atoms with Crippen molar-refractivity contribution < 1.29 is 8.42 Å². The summed E-state index contributed by atoms with van der Waals surface area (Å²) in [5.41, 5.74) is 0.184. The van der Waals surface area contributed by atoms with Crippen LogP contribution in [0.25, 0.3) is 0 Å². The fourth-order valence-electron chi connectivity index (χ4n) is 3.34. The molecule has 1 fully saturated rings. The molecule has 6 nitrogen and oxygen atoms in total. The molecule has 0 aromatic heterocycles. The molecule has 0 atom stereocenters. The number of nitrogens with one attached hydrogen (secondary N) is 3. The van der Waals surface area contributed by atoms with Crippen molar-refractivity contribution >= 4 is 40.0 Å². The summed E-state index contributed by atoms with van der Waals surface area (Å²) in [6, 6.07) is 7.50. The van der Waals surface area contributed by atoms with Crippen LogP contribution < -0.4 is 15.4 Å². The molecule has 0 amide bonds. The van der Waals surface area contributed by atoms with Gasteiger partial charge in [0.2, 0.25) is 10.0 Å². The molecule has 0 heterocycles. The molecule has 2 rings (SSSR count). The number of sulfonamides is 1. The normalized spacial score (nSPS) is 21.0. The summed E-state index contributed by atoms with van der Waals surface area (Å²) >= 11 is 0. The minimum Gasteiger partial charge on any atom is -0.354 e. The summed E-state index contributed by atoms with van der Waals surface area (Å²) < 4.78 is 28.2. The van der Waals surface area contributed by atoms with Crippen LogP contribution >= 0.6 is 24.0 Å². The molecule has 3 N–H and O–H groups in total. The van der Waals surface area contributed by atoms with Gasteiger partial charge in [0.1, 0.15) is 0 Å². The van der Waals surface area contributed by atoms with Crippen molar-refractivity contribution in [3.05, 3.63) is 29.8 Å². The minimum atomic E-state index is -3.59. The third-order valence-corrected chi connectivity index (χ3v) is 6.59. The Bertz CT molecular complexity index is 752. The molecule has 8 heteroatoms. The zero-order valence-electron chi connectivity index (χ0n) is 17.6. The van der Waals surface area contributed by atoms with E-state index >= 15 is 0 Å². The van der Waals surface area contributed by atoms with E-state index in [9.17, 15) is 8.42 Å². The van der Waals surface area contributed by atoms with Crippen LogP contribution in [-0.4, -0.2) is 33.0 Å². The van der Waals surface area contributed by atoms with Crippen LogP contribution in [0.2, 0.25) is 0 Å². The quantitative estimate of drug-likeness (QED) is 0.314. The second-order valence-corrected chi connectivity index (χ2v) is 10.1. The summed E-state index contributed by atoms with van der Waals surface area (Å²) in [6.45, 7) is 8.20. The molecule has 28 heavy (non-hydrogen) atoms. The number of hydrogen-bond acceptors (Lipinski definition) is 3. The molecule has 0 saturated heterocycles. The molecule has 1 aromatic rings. The highest BCUT2D eigenvalue weighted by atomic mass is 127. The van der Waals surface area contributed by atoms with Crippen LogP contribution in [0, 0.1) is 5.92 Å². The number of aliphatic imine (C=N–C) groups is 1. The topological polar surface area (TPSA) is 82.6 Å². The van der Waals surface area contributed by atoms with Crippen molar-refractivity contribution in [3.63, 3.8) is 0 Å². The second kappa shape index (κ2) is 10.8. The maximum Gasteiger partial charge on any atom is 0.241 e. The number of hydrogen-bond donors (Lipinski definition) is 3. The van der Waals surface area contributed by atoms with E-state index in [0.29, 0.717) is 23.4 Å². The molecule has 0 radical (unpaired) electrons. The highest BCUT2D eigenvalue weighted by molar-refractivity contribution is 14.0. The van der Waals surface area contributed by atoms with Gasteiger partial charge in [-0.2, -0.15) is 0 Å². The maximum atomic E-state index is 12.7. The Hall–Kier alpha value is -0.870. The van der Waals surface area contributed by atoms with E-state index in [1.807, 2.05) is 32.9 Å². The van der Waals surface area contributed by atoms with Crippen molar-refractivity contribution in [1.29, 1.82) is 0 Å². The van der Waals surface area contributed by atoms with E-state index in [1.165, 1.54) is 12.8 Å². The van der Waals surface area contributed by atoms with Crippen molar-refractivity contribution in [3.8, 4) is 0 Å². The van der Waals surface area contributed by atoms with Gasteiger partial charge in [0.25, 0.3) is 0 Å². The molecule has 160 valence electrons. The fraction of sp³-hybridized carbons (Fsp3) is 0.650. The Labute approximate surface area is 187 Å². The van der Waals surface area contributed by atoms with Crippen molar-refractivity contribution in [2.75, 3.05) is 7.05 Å². The van der Waals surface area contributed by atoms with Gasteiger partial charge in [-0.15, -0.1) is 24.0 Å². The number of guanidine groups is 1. The van der Waals surface area contributed by atoms with Crippen LogP contribution in [0.5, 0.6) is 0 Å². The predicted molar refractivity (Wildman–Crippen MR) is 127 cm³/mol. The highest BCUT2D eigenvalue weighted by Gasteiger charge is 2.24. The Morgan fingerprint density at radius 3 is 2.32 bits per heavy atom. The number of nitrogens with zero attached hydrogens (tertiary/aromatic N) is 1. The lowest BCUT2D eigenvalue weighted by atomic mass is 9.87. The Morgan fingerprint density at radius 2 is 1.75 bits per heavy atom. The van der Waals surface area contributed by atoms with Crippen LogP contribution in [0.3, 0.4) is 0 Å². The Balaban J connectivity index is 0.00000392. The predicted octanol–water partition coefficient (Wildman–Crippen LogP) is 3.63. The van der Waals surface area contributed by atoms with Crippen LogP contribution in [0.4, 0.5) is 0 Å². The molecule has 0 bridgehead atoms. The Kier molecular flexibility index (Phi) is 9.69. The smallest absolute Gasteiger partial charge is 0.241 e. The first-order chi connectivity index (χ1) is 12.6. The summed E-state index contributed by atoms with van der Waals surface area (Å²) in [7, 11) is -1.85. The van der Waals surface area contributed by atoms with Gasteiger partial charge in [-0.25, -0.2) is 13.1 Å². The third-order valence-electron chi connectivity index (χ3n) is 4.73. The molecule has 0 spiro atoms. The number of benzene rings is 1. The van der Waals surface area contributed by atoms with E-state index in [4.69, 9.17) is 0 Å². The molecule has 1 aliphatic carbocycles.